The summed E-state index contributed by atoms with van der Waals surface area (Å²) >= 11 is 0. The number of hydrogen-bond acceptors (Lipinski definition) is 2. The minimum Gasteiger partial charge on any atom is -0.494 e. The van der Waals surface area contributed by atoms with Crippen molar-refractivity contribution in [3.63, 3.8) is 0 Å². The van der Waals surface area contributed by atoms with E-state index in [4.69, 9.17) is 4.74 Å². The Kier molecular flexibility index (Phi) is 4.87. The molecule has 0 bridgehead atoms. The van der Waals surface area contributed by atoms with Crippen molar-refractivity contribution < 1.29 is 4.74 Å². The van der Waals surface area contributed by atoms with Crippen molar-refractivity contribution >= 4 is 0 Å². The van der Waals surface area contributed by atoms with Gasteiger partial charge in [-0.05, 0) is 48.3 Å². The minimum absolute atomic E-state index is 0.587. The summed E-state index contributed by atoms with van der Waals surface area (Å²) in [6.45, 7) is 9.72. The van der Waals surface area contributed by atoms with Crippen LogP contribution in [0.4, 0.5) is 0 Å². The third-order valence-electron chi connectivity index (χ3n) is 4.32. The number of benzene rings is 1. The molecule has 2 rings (SSSR count). The van der Waals surface area contributed by atoms with Crippen molar-refractivity contribution in [2.45, 2.75) is 46.6 Å². The first-order valence-electron chi connectivity index (χ1n) is 7.59. The quantitative estimate of drug-likeness (QED) is 0.763. The lowest BCUT2D eigenvalue weighted by Crippen LogP contribution is -2.27. The topological polar surface area (TPSA) is 21.3 Å². The number of rotatable bonds is 8. The van der Waals surface area contributed by atoms with Crippen LogP contribution < -0.4 is 10.1 Å². The molecule has 0 radical (unpaired) electrons. The maximum Gasteiger partial charge on any atom is 0.119 e. The van der Waals surface area contributed by atoms with Crippen LogP contribution in [0.5, 0.6) is 5.75 Å². The van der Waals surface area contributed by atoms with E-state index in [1.807, 2.05) is 0 Å². The Bertz CT molecular complexity index is 379. The van der Waals surface area contributed by atoms with Crippen LogP contribution in [0.15, 0.2) is 24.3 Å². The maximum absolute atomic E-state index is 5.59. The standard InChI is InChI=1S/C17H27NO/c1-4-11-19-16-7-5-15(6-8-16)12-18-13-17(9-10-17)14(2)3/h5-8,14,18H,4,9-13H2,1-3H3. The molecule has 106 valence electrons. The van der Waals surface area contributed by atoms with E-state index < -0.39 is 0 Å². The fraction of sp³-hybridized carbons (Fsp3) is 0.647. The summed E-state index contributed by atoms with van der Waals surface area (Å²) in [6, 6.07) is 8.46. The molecule has 0 saturated heterocycles. The van der Waals surface area contributed by atoms with Crippen molar-refractivity contribution in [2.24, 2.45) is 11.3 Å². The fourth-order valence-corrected chi connectivity index (χ4v) is 2.50. The molecule has 0 unspecified atom stereocenters. The first-order valence-corrected chi connectivity index (χ1v) is 7.59. The highest BCUT2D eigenvalue weighted by atomic mass is 16.5. The van der Waals surface area contributed by atoms with Gasteiger partial charge in [-0.25, -0.2) is 0 Å². The Balaban J connectivity index is 1.74. The highest BCUT2D eigenvalue weighted by Gasteiger charge is 2.44. The number of nitrogens with one attached hydrogen (secondary N) is 1. The van der Waals surface area contributed by atoms with Gasteiger partial charge in [-0.15, -0.1) is 0 Å². The van der Waals surface area contributed by atoms with Gasteiger partial charge in [0.2, 0.25) is 0 Å². The van der Waals surface area contributed by atoms with E-state index in [1.165, 1.54) is 18.4 Å². The molecular weight excluding hydrogens is 234 g/mol. The largest absolute Gasteiger partial charge is 0.494 e. The van der Waals surface area contributed by atoms with E-state index in [-0.39, 0.29) is 0 Å². The first-order chi connectivity index (χ1) is 9.16. The van der Waals surface area contributed by atoms with E-state index in [9.17, 15) is 0 Å². The van der Waals surface area contributed by atoms with Crippen molar-refractivity contribution in [3.05, 3.63) is 29.8 Å². The molecule has 1 aliphatic carbocycles. The molecule has 0 heterocycles. The van der Waals surface area contributed by atoms with Crippen LogP contribution in [0, 0.1) is 11.3 Å². The second kappa shape index (κ2) is 6.42. The summed E-state index contributed by atoms with van der Waals surface area (Å²) in [5.41, 5.74) is 1.92. The smallest absolute Gasteiger partial charge is 0.119 e. The number of ether oxygens (including phenoxy) is 1. The van der Waals surface area contributed by atoms with Crippen LogP contribution >= 0.6 is 0 Å². The van der Waals surface area contributed by atoms with Gasteiger partial charge in [0, 0.05) is 13.1 Å². The van der Waals surface area contributed by atoms with Crippen LogP contribution in [-0.4, -0.2) is 13.2 Å². The highest BCUT2D eigenvalue weighted by molar-refractivity contribution is 5.27. The zero-order valence-electron chi connectivity index (χ0n) is 12.5. The average Bonchev–Trinajstić information content (AvgIpc) is 3.19. The molecule has 2 heteroatoms. The van der Waals surface area contributed by atoms with Crippen LogP contribution in [0.2, 0.25) is 0 Å². The molecule has 0 spiro atoms. The van der Waals surface area contributed by atoms with Crippen molar-refractivity contribution in [3.8, 4) is 5.75 Å². The van der Waals surface area contributed by atoms with Gasteiger partial charge < -0.3 is 10.1 Å². The van der Waals surface area contributed by atoms with Gasteiger partial charge in [0.05, 0.1) is 6.61 Å². The van der Waals surface area contributed by atoms with Crippen LogP contribution in [0.25, 0.3) is 0 Å². The number of hydrogen-bond donors (Lipinski definition) is 1. The SMILES string of the molecule is CCCOc1ccc(CNCC2(C(C)C)CC2)cc1. The second-order valence-electron chi connectivity index (χ2n) is 6.11. The minimum atomic E-state index is 0.587. The van der Waals surface area contributed by atoms with Crippen molar-refractivity contribution in [2.75, 3.05) is 13.2 Å². The lowest BCUT2D eigenvalue weighted by Gasteiger charge is -2.20. The maximum atomic E-state index is 5.59. The molecule has 1 saturated carbocycles. The molecule has 19 heavy (non-hydrogen) atoms. The lowest BCUT2D eigenvalue weighted by molar-refractivity contribution is 0.317. The Labute approximate surface area is 117 Å². The molecule has 0 aliphatic heterocycles. The molecule has 0 aromatic heterocycles. The third kappa shape index (κ3) is 3.97. The van der Waals surface area contributed by atoms with E-state index >= 15 is 0 Å². The molecule has 0 amide bonds. The van der Waals surface area contributed by atoms with Crippen molar-refractivity contribution in [1.29, 1.82) is 0 Å². The van der Waals surface area contributed by atoms with E-state index in [2.05, 4.69) is 50.4 Å². The highest BCUT2D eigenvalue weighted by Crippen LogP contribution is 2.51. The normalized spacial score (nSPS) is 16.6. The molecule has 1 aliphatic rings. The van der Waals surface area contributed by atoms with Crippen molar-refractivity contribution in [1.82, 2.24) is 5.32 Å². The van der Waals surface area contributed by atoms with Gasteiger partial charge in [0.1, 0.15) is 5.75 Å². The van der Waals surface area contributed by atoms with Gasteiger partial charge in [0.15, 0.2) is 0 Å². The molecule has 0 atom stereocenters. The summed E-state index contributed by atoms with van der Waals surface area (Å²) in [5.74, 6) is 1.77. The predicted molar refractivity (Wildman–Crippen MR) is 80.4 cm³/mol. The summed E-state index contributed by atoms with van der Waals surface area (Å²) in [6.07, 6.45) is 3.84. The summed E-state index contributed by atoms with van der Waals surface area (Å²) in [7, 11) is 0. The van der Waals surface area contributed by atoms with Gasteiger partial charge in [0.25, 0.3) is 0 Å². The molecule has 1 N–H and O–H groups in total. The Hall–Kier alpha value is -1.02. The van der Waals surface area contributed by atoms with Crippen LogP contribution in [-0.2, 0) is 6.54 Å². The summed E-state index contributed by atoms with van der Waals surface area (Å²) in [5, 5.41) is 3.61. The predicted octanol–water partition coefficient (Wildman–Crippen LogP) is 4.00. The van der Waals surface area contributed by atoms with Gasteiger partial charge >= 0.3 is 0 Å². The first kappa shape index (κ1) is 14.4. The average molecular weight is 261 g/mol. The van der Waals surface area contributed by atoms with Gasteiger partial charge in [-0.2, -0.15) is 0 Å². The van der Waals surface area contributed by atoms with Crippen LogP contribution in [0.3, 0.4) is 0 Å². The Morgan fingerprint density at radius 3 is 2.42 bits per heavy atom. The molecule has 1 fully saturated rings. The Morgan fingerprint density at radius 1 is 1.21 bits per heavy atom. The summed E-state index contributed by atoms with van der Waals surface area (Å²) < 4.78 is 5.59. The van der Waals surface area contributed by atoms with Gasteiger partial charge in [-0.3, -0.25) is 0 Å². The van der Waals surface area contributed by atoms with Crippen LogP contribution in [0.1, 0.15) is 45.6 Å². The zero-order chi connectivity index (χ0) is 13.7. The monoisotopic (exact) mass is 261 g/mol. The Morgan fingerprint density at radius 2 is 1.89 bits per heavy atom. The van der Waals surface area contributed by atoms with E-state index in [0.29, 0.717) is 5.41 Å². The zero-order valence-corrected chi connectivity index (χ0v) is 12.5. The lowest BCUT2D eigenvalue weighted by atomic mass is 9.92. The molecule has 2 nitrogen and oxygen atoms in total. The van der Waals surface area contributed by atoms with E-state index in [1.54, 1.807) is 0 Å². The molecule has 1 aromatic rings. The third-order valence-corrected chi connectivity index (χ3v) is 4.32. The second-order valence-corrected chi connectivity index (χ2v) is 6.11. The van der Waals surface area contributed by atoms with E-state index in [0.717, 1.165) is 37.8 Å². The molecular formula is C17H27NO. The fourth-order valence-electron chi connectivity index (χ4n) is 2.50. The summed E-state index contributed by atoms with van der Waals surface area (Å²) in [4.78, 5) is 0. The molecule has 1 aromatic carbocycles. The van der Waals surface area contributed by atoms with Gasteiger partial charge in [-0.1, -0.05) is 32.9 Å².